The molecule has 2 heterocycles. The minimum Gasteiger partial charge on any atom is -0.422 e. The Hall–Kier alpha value is -3.22. The molecule has 7 heteroatoms. The Morgan fingerprint density at radius 1 is 1.18 bits per heavy atom. The van der Waals surface area contributed by atoms with E-state index < -0.39 is 5.97 Å². The van der Waals surface area contributed by atoms with E-state index in [0.29, 0.717) is 17.3 Å². The average Bonchev–Trinajstić information content (AvgIpc) is 3.02. The standard InChI is InChI=1S/C15H11N5O2/c21-14(11-8-16-15-17-18-19-20(15)9-11)22-13-7-3-5-10-4-1-2-6-12(10)13/h1-8H,9H2,(H,16,17,19). The molecule has 0 saturated carbocycles. The summed E-state index contributed by atoms with van der Waals surface area (Å²) in [5, 5.41) is 15.9. The van der Waals surface area contributed by atoms with Crippen LogP contribution in [0.5, 0.6) is 5.75 Å². The second-order valence-corrected chi connectivity index (χ2v) is 4.84. The molecule has 1 aromatic heterocycles. The molecule has 0 aliphatic carbocycles. The van der Waals surface area contributed by atoms with E-state index in [-0.39, 0.29) is 6.54 Å². The fourth-order valence-electron chi connectivity index (χ4n) is 2.35. The van der Waals surface area contributed by atoms with Crippen LogP contribution in [0.2, 0.25) is 0 Å². The van der Waals surface area contributed by atoms with E-state index in [2.05, 4.69) is 20.8 Å². The van der Waals surface area contributed by atoms with Crippen LogP contribution < -0.4 is 10.1 Å². The van der Waals surface area contributed by atoms with Crippen LogP contribution in [0.15, 0.2) is 54.2 Å². The number of ether oxygens (including phenoxy) is 1. The summed E-state index contributed by atoms with van der Waals surface area (Å²) in [6.07, 6.45) is 1.57. The third-order valence-electron chi connectivity index (χ3n) is 3.44. The van der Waals surface area contributed by atoms with Gasteiger partial charge in [-0.1, -0.05) is 41.5 Å². The second-order valence-electron chi connectivity index (χ2n) is 4.84. The Balaban J connectivity index is 1.60. The van der Waals surface area contributed by atoms with Gasteiger partial charge in [0.2, 0.25) is 5.95 Å². The largest absolute Gasteiger partial charge is 0.422 e. The van der Waals surface area contributed by atoms with Gasteiger partial charge in [-0.2, -0.15) is 0 Å². The number of tetrazole rings is 1. The topological polar surface area (TPSA) is 81.9 Å². The van der Waals surface area contributed by atoms with Gasteiger partial charge < -0.3 is 10.1 Å². The number of benzene rings is 2. The van der Waals surface area contributed by atoms with Gasteiger partial charge in [-0.05, 0) is 21.9 Å². The first-order valence-corrected chi connectivity index (χ1v) is 6.73. The van der Waals surface area contributed by atoms with E-state index in [1.54, 1.807) is 12.3 Å². The summed E-state index contributed by atoms with van der Waals surface area (Å²) in [6.45, 7) is 0.277. The number of nitrogens with zero attached hydrogens (tertiary/aromatic N) is 4. The Labute approximate surface area is 125 Å². The highest BCUT2D eigenvalue weighted by molar-refractivity contribution is 5.95. The van der Waals surface area contributed by atoms with Crippen molar-refractivity contribution in [3.05, 3.63) is 54.2 Å². The minimum atomic E-state index is -0.426. The maximum absolute atomic E-state index is 12.3. The first-order chi connectivity index (χ1) is 10.8. The SMILES string of the molecule is O=C(Oc1cccc2ccccc12)C1=CNc2nnnn2C1. The smallest absolute Gasteiger partial charge is 0.342 e. The molecule has 1 N–H and O–H groups in total. The van der Waals surface area contributed by atoms with Crippen molar-refractivity contribution in [3.8, 4) is 5.75 Å². The van der Waals surface area contributed by atoms with Crippen molar-refractivity contribution in [1.82, 2.24) is 20.2 Å². The maximum Gasteiger partial charge on any atom is 0.342 e. The van der Waals surface area contributed by atoms with Crippen LogP contribution in [0.25, 0.3) is 10.8 Å². The van der Waals surface area contributed by atoms with Crippen LogP contribution in [0, 0.1) is 0 Å². The molecular weight excluding hydrogens is 282 g/mol. The monoisotopic (exact) mass is 293 g/mol. The number of rotatable bonds is 2. The van der Waals surface area contributed by atoms with E-state index in [1.807, 2.05) is 36.4 Å². The van der Waals surface area contributed by atoms with Crippen molar-refractivity contribution in [2.45, 2.75) is 6.54 Å². The number of esters is 1. The molecule has 2 aromatic carbocycles. The lowest BCUT2D eigenvalue weighted by Gasteiger charge is -2.14. The van der Waals surface area contributed by atoms with Crippen molar-refractivity contribution in [2.24, 2.45) is 0 Å². The highest BCUT2D eigenvalue weighted by Gasteiger charge is 2.20. The maximum atomic E-state index is 12.3. The van der Waals surface area contributed by atoms with Crippen LogP contribution in [0.3, 0.4) is 0 Å². The number of fused-ring (bicyclic) bond motifs is 2. The normalized spacial score (nSPS) is 13.2. The second kappa shape index (κ2) is 4.96. The highest BCUT2D eigenvalue weighted by Crippen LogP contribution is 2.26. The summed E-state index contributed by atoms with van der Waals surface area (Å²) in [7, 11) is 0. The van der Waals surface area contributed by atoms with Crippen LogP contribution in [0.1, 0.15) is 0 Å². The molecule has 0 amide bonds. The molecule has 0 fully saturated rings. The number of carbonyl (C=O) groups is 1. The zero-order valence-corrected chi connectivity index (χ0v) is 11.4. The van der Waals surface area contributed by atoms with Crippen LogP contribution in [-0.2, 0) is 11.3 Å². The molecule has 0 unspecified atom stereocenters. The van der Waals surface area contributed by atoms with Gasteiger partial charge in [0.1, 0.15) is 5.75 Å². The molecule has 4 rings (SSSR count). The average molecular weight is 293 g/mol. The third-order valence-corrected chi connectivity index (χ3v) is 3.44. The molecular formula is C15H11N5O2. The summed E-state index contributed by atoms with van der Waals surface area (Å²) in [5.41, 5.74) is 0.452. The lowest BCUT2D eigenvalue weighted by atomic mass is 10.1. The number of aromatic nitrogens is 4. The molecule has 0 bridgehead atoms. The summed E-state index contributed by atoms with van der Waals surface area (Å²) >= 11 is 0. The molecule has 3 aromatic rings. The summed E-state index contributed by atoms with van der Waals surface area (Å²) in [5.74, 6) is 0.609. The summed E-state index contributed by atoms with van der Waals surface area (Å²) < 4.78 is 7.03. The molecule has 1 aliphatic rings. The Morgan fingerprint density at radius 2 is 2.05 bits per heavy atom. The van der Waals surface area contributed by atoms with Crippen LogP contribution >= 0.6 is 0 Å². The summed E-state index contributed by atoms with van der Waals surface area (Å²) in [6, 6.07) is 13.4. The van der Waals surface area contributed by atoms with Crippen molar-refractivity contribution in [1.29, 1.82) is 0 Å². The zero-order valence-electron chi connectivity index (χ0n) is 11.4. The Morgan fingerprint density at radius 3 is 3.00 bits per heavy atom. The van der Waals surface area contributed by atoms with E-state index in [4.69, 9.17) is 4.74 Å². The van der Waals surface area contributed by atoms with Gasteiger partial charge in [0.15, 0.2) is 0 Å². The fourth-order valence-corrected chi connectivity index (χ4v) is 2.35. The third kappa shape index (κ3) is 2.08. The predicted molar refractivity (Wildman–Crippen MR) is 79.1 cm³/mol. The van der Waals surface area contributed by atoms with Crippen molar-refractivity contribution in [2.75, 3.05) is 5.32 Å². The van der Waals surface area contributed by atoms with E-state index >= 15 is 0 Å². The molecule has 0 radical (unpaired) electrons. The van der Waals surface area contributed by atoms with Crippen LogP contribution in [0.4, 0.5) is 5.95 Å². The lowest BCUT2D eigenvalue weighted by Crippen LogP contribution is -2.22. The number of anilines is 1. The van der Waals surface area contributed by atoms with Gasteiger partial charge in [-0.15, -0.1) is 0 Å². The first kappa shape index (κ1) is 12.5. The molecule has 7 nitrogen and oxygen atoms in total. The van der Waals surface area contributed by atoms with Gasteiger partial charge in [0, 0.05) is 11.6 Å². The van der Waals surface area contributed by atoms with Crippen LogP contribution in [-0.4, -0.2) is 26.2 Å². The summed E-state index contributed by atoms with van der Waals surface area (Å²) in [4.78, 5) is 12.3. The molecule has 0 atom stereocenters. The van der Waals surface area contributed by atoms with Gasteiger partial charge in [0.25, 0.3) is 0 Å². The predicted octanol–water partition coefficient (Wildman–Crippen LogP) is 1.74. The molecule has 0 spiro atoms. The Bertz CT molecular complexity index is 894. The van der Waals surface area contributed by atoms with Gasteiger partial charge >= 0.3 is 5.97 Å². The Kier molecular flexibility index (Phi) is 2.82. The molecule has 0 saturated heterocycles. The van der Waals surface area contributed by atoms with Crippen molar-refractivity contribution >= 4 is 22.7 Å². The lowest BCUT2D eigenvalue weighted by molar-refractivity contribution is -0.130. The highest BCUT2D eigenvalue weighted by atomic mass is 16.5. The molecule has 22 heavy (non-hydrogen) atoms. The first-order valence-electron chi connectivity index (χ1n) is 6.73. The quantitative estimate of drug-likeness (QED) is 0.572. The number of hydrogen-bond acceptors (Lipinski definition) is 6. The molecule has 1 aliphatic heterocycles. The van der Waals surface area contributed by atoms with Crippen molar-refractivity contribution < 1.29 is 9.53 Å². The number of nitrogens with one attached hydrogen (secondary N) is 1. The van der Waals surface area contributed by atoms with E-state index in [9.17, 15) is 4.79 Å². The fraction of sp³-hybridized carbons (Fsp3) is 0.0667. The number of carbonyl (C=O) groups excluding carboxylic acids is 1. The van der Waals surface area contributed by atoms with E-state index in [1.165, 1.54) is 4.68 Å². The zero-order chi connectivity index (χ0) is 14.9. The number of hydrogen-bond donors (Lipinski definition) is 1. The van der Waals surface area contributed by atoms with Gasteiger partial charge in [0.05, 0.1) is 12.1 Å². The van der Waals surface area contributed by atoms with Gasteiger partial charge in [-0.3, -0.25) is 0 Å². The minimum absolute atomic E-state index is 0.277. The van der Waals surface area contributed by atoms with E-state index in [0.717, 1.165) is 10.8 Å². The molecule has 108 valence electrons. The van der Waals surface area contributed by atoms with Crippen molar-refractivity contribution in [3.63, 3.8) is 0 Å². The van der Waals surface area contributed by atoms with Gasteiger partial charge in [-0.25, -0.2) is 9.48 Å².